The molecule has 90 valence electrons. The first-order valence-corrected chi connectivity index (χ1v) is 5.88. The molecule has 1 fully saturated rings. The molecule has 0 spiro atoms. The van der Waals surface area contributed by atoms with Gasteiger partial charge in [-0.2, -0.15) is 0 Å². The summed E-state index contributed by atoms with van der Waals surface area (Å²) in [6, 6.07) is 0. The first-order valence-electron chi connectivity index (χ1n) is 5.88. The second kappa shape index (κ2) is 5.34. The lowest BCUT2D eigenvalue weighted by Gasteiger charge is -2.33. The number of rotatable bonds is 1. The number of methoxy groups -OCH3 is 1. The molecular weight excluding hydrogens is 208 g/mol. The monoisotopic (exact) mass is 226 g/mol. The third-order valence-electron chi connectivity index (χ3n) is 3.07. The Bertz CT molecular complexity index is 285. The minimum atomic E-state index is -0.383. The van der Waals surface area contributed by atoms with Crippen molar-refractivity contribution in [3.8, 4) is 0 Å². The maximum Gasteiger partial charge on any atom is 0.372 e. The van der Waals surface area contributed by atoms with Crippen molar-refractivity contribution in [2.75, 3.05) is 13.7 Å². The molecule has 0 aromatic carbocycles. The van der Waals surface area contributed by atoms with Gasteiger partial charge in [0.2, 0.25) is 5.76 Å². The van der Waals surface area contributed by atoms with Gasteiger partial charge in [-0.1, -0.05) is 0 Å². The van der Waals surface area contributed by atoms with Crippen molar-refractivity contribution in [3.05, 3.63) is 11.8 Å². The van der Waals surface area contributed by atoms with E-state index >= 15 is 0 Å². The fourth-order valence-corrected chi connectivity index (χ4v) is 2.21. The van der Waals surface area contributed by atoms with Crippen LogP contribution in [0, 0.1) is 0 Å². The van der Waals surface area contributed by atoms with Gasteiger partial charge in [-0.3, -0.25) is 0 Å². The van der Waals surface area contributed by atoms with E-state index in [2.05, 4.69) is 0 Å². The second-order valence-electron chi connectivity index (χ2n) is 4.20. The normalized spacial score (nSPS) is 33.4. The Hall–Kier alpha value is -1.03. The summed E-state index contributed by atoms with van der Waals surface area (Å²) in [5, 5.41) is 0. The highest BCUT2D eigenvalue weighted by molar-refractivity contribution is 5.86. The number of esters is 1. The highest BCUT2D eigenvalue weighted by Gasteiger charge is 2.30. The average molecular weight is 226 g/mol. The lowest BCUT2D eigenvalue weighted by Crippen LogP contribution is -2.37. The van der Waals surface area contributed by atoms with E-state index in [-0.39, 0.29) is 18.2 Å². The zero-order valence-electron chi connectivity index (χ0n) is 9.61. The molecule has 2 aliphatic heterocycles. The summed E-state index contributed by atoms with van der Waals surface area (Å²) < 4.78 is 16.1. The van der Waals surface area contributed by atoms with Crippen molar-refractivity contribution in [1.29, 1.82) is 0 Å². The Balaban J connectivity index is 2.07. The number of carbonyl (C=O) groups excluding carboxylic acids is 1. The lowest BCUT2D eigenvalue weighted by atomic mass is 9.99. The van der Waals surface area contributed by atoms with Gasteiger partial charge in [0.15, 0.2) is 0 Å². The van der Waals surface area contributed by atoms with E-state index in [9.17, 15) is 4.79 Å². The maximum atomic E-state index is 11.5. The van der Waals surface area contributed by atoms with Crippen molar-refractivity contribution in [2.24, 2.45) is 0 Å². The summed E-state index contributed by atoms with van der Waals surface area (Å²) in [7, 11) is 1.38. The molecule has 0 aromatic rings. The van der Waals surface area contributed by atoms with Crippen LogP contribution in [0.3, 0.4) is 0 Å². The smallest absolute Gasteiger partial charge is 0.372 e. The summed E-state index contributed by atoms with van der Waals surface area (Å²) in [6.45, 7) is 0.807. The van der Waals surface area contributed by atoms with Gasteiger partial charge in [0.1, 0.15) is 6.10 Å². The molecule has 0 radical (unpaired) electrons. The number of hydrogen-bond donors (Lipinski definition) is 0. The van der Waals surface area contributed by atoms with Crippen LogP contribution in [0.1, 0.15) is 32.1 Å². The van der Waals surface area contributed by atoms with Gasteiger partial charge in [0.25, 0.3) is 0 Å². The van der Waals surface area contributed by atoms with Crippen LogP contribution in [0.15, 0.2) is 11.8 Å². The van der Waals surface area contributed by atoms with E-state index in [1.165, 1.54) is 7.11 Å². The Labute approximate surface area is 95.6 Å². The van der Waals surface area contributed by atoms with E-state index in [4.69, 9.17) is 14.2 Å². The third-order valence-corrected chi connectivity index (χ3v) is 3.07. The van der Waals surface area contributed by atoms with Crippen LogP contribution in [-0.4, -0.2) is 31.9 Å². The number of allylic oxidation sites excluding steroid dienone is 1. The summed E-state index contributed by atoms with van der Waals surface area (Å²) in [4.78, 5) is 11.5. The van der Waals surface area contributed by atoms with Crippen molar-refractivity contribution in [2.45, 2.75) is 44.3 Å². The molecular formula is C12H18O4. The van der Waals surface area contributed by atoms with Gasteiger partial charge in [-0.15, -0.1) is 0 Å². The van der Waals surface area contributed by atoms with E-state index in [1.807, 2.05) is 6.08 Å². The molecule has 0 amide bonds. The van der Waals surface area contributed by atoms with E-state index in [0.717, 1.165) is 38.7 Å². The molecule has 0 N–H and O–H groups in total. The number of hydrogen-bond acceptors (Lipinski definition) is 4. The van der Waals surface area contributed by atoms with Crippen molar-refractivity contribution < 1.29 is 19.0 Å². The fraction of sp³-hybridized carbons (Fsp3) is 0.750. The molecule has 2 atom stereocenters. The summed E-state index contributed by atoms with van der Waals surface area (Å²) in [6.07, 6.45) is 6.82. The molecule has 2 heterocycles. The largest absolute Gasteiger partial charge is 0.481 e. The molecule has 2 rings (SSSR count). The first kappa shape index (κ1) is 11.5. The van der Waals surface area contributed by atoms with Crippen LogP contribution < -0.4 is 0 Å². The molecule has 0 unspecified atom stereocenters. The topological polar surface area (TPSA) is 44.8 Å². The third kappa shape index (κ3) is 2.55. The first-order chi connectivity index (χ1) is 7.81. The van der Waals surface area contributed by atoms with E-state index in [1.54, 1.807) is 0 Å². The predicted octanol–water partition coefficient (Wildman–Crippen LogP) is 1.79. The van der Waals surface area contributed by atoms with Crippen LogP contribution in [0.5, 0.6) is 0 Å². The van der Waals surface area contributed by atoms with E-state index < -0.39 is 0 Å². The van der Waals surface area contributed by atoms with Crippen molar-refractivity contribution in [3.63, 3.8) is 0 Å². The van der Waals surface area contributed by atoms with Crippen LogP contribution in [0.25, 0.3) is 0 Å². The molecule has 0 bridgehead atoms. The maximum absolute atomic E-state index is 11.5. The average Bonchev–Trinajstić information content (AvgIpc) is 2.29. The standard InChI is InChI=1S/C12H18O4/c1-14-12(13)11-6-3-2-5-9-10(16-11)7-4-8-15-9/h6,9-10H,2-5,7-8H2,1H3/b11-6-/t9-,10+/m1/s1. The van der Waals surface area contributed by atoms with Gasteiger partial charge < -0.3 is 14.2 Å². The minimum absolute atomic E-state index is 0.0133. The molecule has 0 aliphatic carbocycles. The molecule has 4 heteroatoms. The highest BCUT2D eigenvalue weighted by atomic mass is 16.6. The van der Waals surface area contributed by atoms with Crippen molar-refractivity contribution >= 4 is 5.97 Å². The molecule has 16 heavy (non-hydrogen) atoms. The van der Waals surface area contributed by atoms with Crippen LogP contribution in [0.2, 0.25) is 0 Å². The fourth-order valence-electron chi connectivity index (χ4n) is 2.21. The SMILES string of the molecule is COC(=O)/C1=C/CCC[C@H]2OCCC[C@@H]2O1. The van der Waals surface area contributed by atoms with Gasteiger partial charge in [-0.25, -0.2) is 4.79 Å². The van der Waals surface area contributed by atoms with Crippen LogP contribution in [-0.2, 0) is 19.0 Å². The number of ether oxygens (including phenoxy) is 3. The van der Waals surface area contributed by atoms with E-state index in [0.29, 0.717) is 5.76 Å². The number of carbonyl (C=O) groups is 1. The number of fused-ring (bicyclic) bond motifs is 1. The van der Waals surface area contributed by atoms with Crippen LogP contribution in [0.4, 0.5) is 0 Å². The Morgan fingerprint density at radius 3 is 3.00 bits per heavy atom. The zero-order valence-corrected chi connectivity index (χ0v) is 9.61. The van der Waals surface area contributed by atoms with Gasteiger partial charge in [0.05, 0.1) is 13.2 Å². The predicted molar refractivity (Wildman–Crippen MR) is 57.8 cm³/mol. The Morgan fingerprint density at radius 1 is 1.38 bits per heavy atom. The highest BCUT2D eigenvalue weighted by Crippen LogP contribution is 2.26. The van der Waals surface area contributed by atoms with Crippen LogP contribution >= 0.6 is 0 Å². The van der Waals surface area contributed by atoms with Gasteiger partial charge in [-0.05, 0) is 38.2 Å². The summed E-state index contributed by atoms with van der Waals surface area (Å²) in [5.41, 5.74) is 0. The van der Waals surface area contributed by atoms with Gasteiger partial charge >= 0.3 is 5.97 Å². The molecule has 4 nitrogen and oxygen atoms in total. The molecule has 1 saturated heterocycles. The van der Waals surface area contributed by atoms with Crippen molar-refractivity contribution in [1.82, 2.24) is 0 Å². The molecule has 0 saturated carbocycles. The molecule has 0 aromatic heterocycles. The summed E-state index contributed by atoms with van der Waals surface area (Å²) in [5.74, 6) is -0.0334. The quantitative estimate of drug-likeness (QED) is 0.639. The van der Waals surface area contributed by atoms with Gasteiger partial charge in [0, 0.05) is 6.61 Å². The molecule has 2 aliphatic rings. The Kier molecular flexibility index (Phi) is 3.83. The lowest BCUT2D eigenvalue weighted by molar-refractivity contribution is -0.146. The summed E-state index contributed by atoms with van der Waals surface area (Å²) >= 11 is 0. The second-order valence-corrected chi connectivity index (χ2v) is 4.20. The minimum Gasteiger partial charge on any atom is -0.481 e. The Morgan fingerprint density at radius 2 is 2.19 bits per heavy atom. The zero-order chi connectivity index (χ0) is 11.4.